The Morgan fingerprint density at radius 1 is 1.25 bits per heavy atom. The van der Waals surface area contributed by atoms with Crippen LogP contribution in [0.1, 0.15) is 61.9 Å². The topological polar surface area (TPSA) is 75.4 Å². The van der Waals surface area contributed by atoms with Crippen LogP contribution in [0.15, 0.2) is 24.4 Å². The summed E-state index contributed by atoms with van der Waals surface area (Å²) in [5, 5.41) is 14.9. The fraction of sp³-hybridized carbons (Fsp3) is 0.476. The highest BCUT2D eigenvalue weighted by Gasteiger charge is 2.33. The molecule has 1 aliphatic rings. The molecular weight excluding hydrogens is 378 g/mol. The molecular formula is C21H26ClN3O3. The Morgan fingerprint density at radius 3 is 2.50 bits per heavy atom. The second-order valence-corrected chi connectivity index (χ2v) is 8.09. The Bertz CT molecular complexity index is 885. The molecule has 28 heavy (non-hydrogen) atoms. The van der Waals surface area contributed by atoms with Gasteiger partial charge in [0.2, 0.25) is 5.91 Å². The lowest BCUT2D eigenvalue weighted by atomic mass is 9.88. The van der Waals surface area contributed by atoms with E-state index < -0.39 is 5.97 Å². The summed E-state index contributed by atoms with van der Waals surface area (Å²) < 4.78 is 1.51. The number of carbonyl (C=O) groups is 2. The van der Waals surface area contributed by atoms with Crippen molar-refractivity contribution < 1.29 is 14.7 Å². The van der Waals surface area contributed by atoms with Gasteiger partial charge in [-0.05, 0) is 57.4 Å². The average molecular weight is 404 g/mol. The smallest absolute Gasteiger partial charge is 0.341 e. The summed E-state index contributed by atoms with van der Waals surface area (Å²) in [4.78, 5) is 26.7. The van der Waals surface area contributed by atoms with Gasteiger partial charge in [-0.25, -0.2) is 9.48 Å². The van der Waals surface area contributed by atoms with Crippen LogP contribution in [0, 0.1) is 12.8 Å². The monoisotopic (exact) mass is 403 g/mol. The Balaban J connectivity index is 2.04. The van der Waals surface area contributed by atoms with E-state index in [-0.39, 0.29) is 29.2 Å². The summed E-state index contributed by atoms with van der Waals surface area (Å²) in [5.41, 5.74) is 1.59. The summed E-state index contributed by atoms with van der Waals surface area (Å²) in [6.45, 7) is 5.65. The Labute approximate surface area is 170 Å². The van der Waals surface area contributed by atoms with E-state index in [1.807, 2.05) is 26.8 Å². The maximum absolute atomic E-state index is 13.2. The first-order valence-corrected chi connectivity index (χ1v) is 10.1. The molecule has 0 atom stereocenters. The number of carboxylic acid groups (broad SMARTS) is 1. The number of anilines is 1. The lowest BCUT2D eigenvalue weighted by Crippen LogP contribution is -2.42. The molecule has 0 unspecified atom stereocenters. The van der Waals surface area contributed by atoms with Gasteiger partial charge < -0.3 is 5.11 Å². The third-order valence-electron chi connectivity index (χ3n) is 5.27. The lowest BCUT2D eigenvalue weighted by Gasteiger charge is -2.31. The second kappa shape index (κ2) is 8.35. The van der Waals surface area contributed by atoms with Crippen molar-refractivity contribution in [2.45, 2.75) is 58.9 Å². The Morgan fingerprint density at radius 2 is 1.93 bits per heavy atom. The van der Waals surface area contributed by atoms with Crippen molar-refractivity contribution in [2.24, 2.45) is 5.92 Å². The summed E-state index contributed by atoms with van der Waals surface area (Å²) in [6.07, 6.45) is 6.38. The zero-order valence-corrected chi connectivity index (χ0v) is 17.2. The third kappa shape index (κ3) is 4.07. The highest BCUT2D eigenvalue weighted by Crippen LogP contribution is 2.30. The van der Waals surface area contributed by atoms with E-state index in [9.17, 15) is 14.7 Å². The standard InChI is InChI=1S/C21H26ClN3O3/c1-13(2)25(20(26)15-7-5-4-6-8-15)19-17(21(27)28)12-24(23-19)16-9-10-18(22)14(3)11-16/h9-13,15H,4-8H2,1-3H3,(H,27,28). The molecule has 7 heteroatoms. The second-order valence-electron chi connectivity index (χ2n) is 7.69. The number of hydrogen-bond donors (Lipinski definition) is 1. The van der Waals surface area contributed by atoms with Gasteiger partial charge in [0.1, 0.15) is 5.56 Å². The first kappa shape index (κ1) is 20.4. The normalized spacial score (nSPS) is 15.0. The molecule has 0 radical (unpaired) electrons. The molecule has 1 amide bonds. The minimum absolute atomic E-state index is 0.0189. The minimum Gasteiger partial charge on any atom is -0.477 e. The number of carbonyl (C=O) groups excluding carboxylic acids is 1. The van der Waals surface area contributed by atoms with Crippen LogP contribution in [0.3, 0.4) is 0 Å². The van der Waals surface area contributed by atoms with Crippen LogP contribution in [0.4, 0.5) is 5.82 Å². The fourth-order valence-electron chi connectivity index (χ4n) is 3.75. The molecule has 3 rings (SSSR count). The van der Waals surface area contributed by atoms with Gasteiger partial charge >= 0.3 is 5.97 Å². The molecule has 150 valence electrons. The Kier molecular flexibility index (Phi) is 6.08. The molecule has 1 heterocycles. The molecule has 6 nitrogen and oxygen atoms in total. The summed E-state index contributed by atoms with van der Waals surface area (Å²) in [7, 11) is 0. The van der Waals surface area contributed by atoms with E-state index in [0.717, 1.165) is 37.7 Å². The SMILES string of the molecule is Cc1cc(-n2cc(C(=O)O)c(N(C(=O)C3CCCCC3)C(C)C)n2)ccc1Cl. The molecule has 1 fully saturated rings. The highest BCUT2D eigenvalue weighted by molar-refractivity contribution is 6.31. The Hall–Kier alpha value is -2.34. The van der Waals surface area contributed by atoms with Gasteiger partial charge in [-0.3, -0.25) is 9.69 Å². The molecule has 0 spiro atoms. The predicted octanol–water partition coefficient (Wildman–Crippen LogP) is 4.85. The van der Waals surface area contributed by atoms with Crippen LogP contribution < -0.4 is 4.90 Å². The van der Waals surface area contributed by atoms with Crippen molar-refractivity contribution in [3.63, 3.8) is 0 Å². The van der Waals surface area contributed by atoms with Crippen LogP contribution in [-0.2, 0) is 4.79 Å². The van der Waals surface area contributed by atoms with Crippen LogP contribution in [0.5, 0.6) is 0 Å². The summed E-state index contributed by atoms with van der Waals surface area (Å²) >= 11 is 6.10. The van der Waals surface area contributed by atoms with E-state index in [0.29, 0.717) is 10.7 Å². The molecule has 0 saturated heterocycles. The third-order valence-corrected chi connectivity index (χ3v) is 5.69. The molecule has 2 aromatic rings. The number of benzene rings is 1. The number of halogens is 1. The van der Waals surface area contributed by atoms with Gasteiger partial charge in [-0.1, -0.05) is 30.9 Å². The number of aromatic carboxylic acids is 1. The van der Waals surface area contributed by atoms with Crippen molar-refractivity contribution in [3.8, 4) is 5.69 Å². The maximum atomic E-state index is 13.2. The van der Waals surface area contributed by atoms with Crippen LogP contribution in [-0.4, -0.2) is 32.8 Å². The fourth-order valence-corrected chi connectivity index (χ4v) is 3.86. The zero-order chi connectivity index (χ0) is 20.4. The number of hydrogen-bond acceptors (Lipinski definition) is 3. The van der Waals surface area contributed by atoms with E-state index in [1.54, 1.807) is 17.0 Å². The van der Waals surface area contributed by atoms with Crippen molar-refractivity contribution in [3.05, 3.63) is 40.5 Å². The highest BCUT2D eigenvalue weighted by atomic mass is 35.5. The first-order chi connectivity index (χ1) is 13.3. The largest absolute Gasteiger partial charge is 0.477 e. The van der Waals surface area contributed by atoms with Gasteiger partial charge in [-0.2, -0.15) is 0 Å². The number of aryl methyl sites for hydroxylation is 1. The van der Waals surface area contributed by atoms with Gasteiger partial charge in [-0.15, -0.1) is 5.10 Å². The molecule has 1 N–H and O–H groups in total. The van der Waals surface area contributed by atoms with Crippen LogP contribution >= 0.6 is 11.6 Å². The summed E-state index contributed by atoms with van der Waals surface area (Å²) in [5.74, 6) is -1.00. The van der Waals surface area contributed by atoms with Crippen molar-refractivity contribution in [1.29, 1.82) is 0 Å². The van der Waals surface area contributed by atoms with Gasteiger partial charge in [0.15, 0.2) is 5.82 Å². The number of amides is 1. The van der Waals surface area contributed by atoms with Crippen LogP contribution in [0.25, 0.3) is 5.69 Å². The van der Waals surface area contributed by atoms with Crippen molar-refractivity contribution in [1.82, 2.24) is 9.78 Å². The quantitative estimate of drug-likeness (QED) is 0.773. The number of carboxylic acids is 1. The van der Waals surface area contributed by atoms with E-state index >= 15 is 0 Å². The van der Waals surface area contributed by atoms with Crippen molar-refractivity contribution >= 4 is 29.3 Å². The van der Waals surface area contributed by atoms with E-state index in [2.05, 4.69) is 5.10 Å². The molecule has 1 aliphatic carbocycles. The average Bonchev–Trinajstić information content (AvgIpc) is 3.09. The maximum Gasteiger partial charge on any atom is 0.341 e. The molecule has 0 aliphatic heterocycles. The van der Waals surface area contributed by atoms with Gasteiger partial charge in [0.05, 0.1) is 5.69 Å². The molecule has 1 aromatic heterocycles. The first-order valence-electron chi connectivity index (χ1n) is 9.72. The van der Waals surface area contributed by atoms with Gasteiger partial charge in [0, 0.05) is 23.2 Å². The van der Waals surface area contributed by atoms with Crippen LogP contribution in [0.2, 0.25) is 5.02 Å². The predicted molar refractivity (Wildman–Crippen MR) is 109 cm³/mol. The summed E-state index contributed by atoms with van der Waals surface area (Å²) in [6, 6.07) is 5.18. The van der Waals surface area contributed by atoms with E-state index in [1.165, 1.54) is 10.9 Å². The zero-order valence-electron chi connectivity index (χ0n) is 16.5. The molecule has 1 aromatic carbocycles. The number of aromatic nitrogens is 2. The minimum atomic E-state index is -1.10. The van der Waals surface area contributed by atoms with Gasteiger partial charge in [0.25, 0.3) is 0 Å². The number of nitrogens with zero attached hydrogens (tertiary/aromatic N) is 3. The van der Waals surface area contributed by atoms with Crippen molar-refractivity contribution in [2.75, 3.05) is 4.90 Å². The molecule has 0 bridgehead atoms. The number of rotatable bonds is 5. The lowest BCUT2D eigenvalue weighted by molar-refractivity contribution is -0.123. The van der Waals surface area contributed by atoms with E-state index in [4.69, 9.17) is 11.6 Å². The molecule has 1 saturated carbocycles.